The molecule has 0 unspecified atom stereocenters. The molecule has 0 aromatic heterocycles. The summed E-state index contributed by atoms with van der Waals surface area (Å²) in [6, 6.07) is 0. The molecular weight excluding hydrogens is 368 g/mol. The van der Waals surface area contributed by atoms with E-state index in [1.807, 2.05) is 0 Å². The number of hydrogen-bond acceptors (Lipinski definition) is 5. The SMILES string of the molecule is CCOC(=O)CC(=O)CC[C@@]1(C)CC[C@@]2(C)C(=CC[C@@H]2C(C)C)CC12OCCO2. The first kappa shape index (κ1) is 22.5. The van der Waals surface area contributed by atoms with Crippen molar-refractivity contribution >= 4 is 11.8 Å². The van der Waals surface area contributed by atoms with E-state index in [0.717, 1.165) is 25.7 Å². The minimum atomic E-state index is -0.660. The molecule has 0 bridgehead atoms. The van der Waals surface area contributed by atoms with Gasteiger partial charge < -0.3 is 14.2 Å². The van der Waals surface area contributed by atoms with E-state index in [0.29, 0.717) is 44.5 Å². The van der Waals surface area contributed by atoms with E-state index in [1.54, 1.807) is 6.92 Å². The molecule has 3 aliphatic rings. The van der Waals surface area contributed by atoms with Crippen molar-refractivity contribution in [3.05, 3.63) is 11.6 Å². The summed E-state index contributed by atoms with van der Waals surface area (Å²) >= 11 is 0. The van der Waals surface area contributed by atoms with Crippen molar-refractivity contribution in [1.29, 1.82) is 0 Å². The summed E-state index contributed by atoms with van der Waals surface area (Å²) in [5, 5.41) is 0. The van der Waals surface area contributed by atoms with E-state index in [-0.39, 0.29) is 23.0 Å². The second-order valence-electron chi connectivity index (χ2n) is 9.94. The normalized spacial score (nSPS) is 33.4. The van der Waals surface area contributed by atoms with E-state index >= 15 is 0 Å². The van der Waals surface area contributed by atoms with Gasteiger partial charge in [-0.25, -0.2) is 0 Å². The van der Waals surface area contributed by atoms with Crippen molar-refractivity contribution in [2.24, 2.45) is 22.7 Å². The molecule has 0 aromatic carbocycles. The number of ketones is 1. The molecule has 1 heterocycles. The molecule has 1 spiro atoms. The molecule has 29 heavy (non-hydrogen) atoms. The molecular formula is C24H38O5. The second-order valence-corrected chi connectivity index (χ2v) is 9.94. The fourth-order valence-corrected chi connectivity index (χ4v) is 5.92. The molecule has 3 atom stereocenters. The highest BCUT2D eigenvalue weighted by Gasteiger charge is 2.58. The van der Waals surface area contributed by atoms with Crippen molar-refractivity contribution in [1.82, 2.24) is 0 Å². The van der Waals surface area contributed by atoms with Crippen molar-refractivity contribution in [2.45, 2.75) is 85.4 Å². The van der Waals surface area contributed by atoms with Crippen LogP contribution < -0.4 is 0 Å². The van der Waals surface area contributed by atoms with Crippen LogP contribution in [0.3, 0.4) is 0 Å². The molecule has 1 aliphatic heterocycles. The average molecular weight is 407 g/mol. The highest BCUT2D eigenvalue weighted by Crippen LogP contribution is 2.61. The van der Waals surface area contributed by atoms with Gasteiger partial charge in [0.15, 0.2) is 5.79 Å². The lowest BCUT2D eigenvalue weighted by molar-refractivity contribution is -0.234. The van der Waals surface area contributed by atoms with E-state index in [1.165, 1.54) is 5.57 Å². The summed E-state index contributed by atoms with van der Waals surface area (Å²) < 4.78 is 17.5. The maximum absolute atomic E-state index is 12.4. The van der Waals surface area contributed by atoms with Crippen molar-refractivity contribution < 1.29 is 23.8 Å². The predicted molar refractivity (Wildman–Crippen MR) is 111 cm³/mol. The largest absolute Gasteiger partial charge is 0.466 e. The Bertz CT molecular complexity index is 660. The Labute approximate surface area is 175 Å². The van der Waals surface area contributed by atoms with Gasteiger partial charge in [0.25, 0.3) is 0 Å². The summed E-state index contributed by atoms with van der Waals surface area (Å²) in [6.45, 7) is 12.5. The van der Waals surface area contributed by atoms with Crippen molar-refractivity contribution in [3.8, 4) is 0 Å². The lowest BCUT2D eigenvalue weighted by Gasteiger charge is -2.43. The van der Waals surface area contributed by atoms with Crippen LogP contribution >= 0.6 is 0 Å². The Balaban J connectivity index is 1.78. The standard InChI is InChI=1S/C24H38O5/c1-6-27-21(26)15-19(25)9-10-22(4)11-12-23(5)18(7-8-20(23)17(2)3)16-24(22)28-13-14-29-24/h7,17,20H,6,8-16H2,1-5H3/t20-,22+,23+/m1/s1. The van der Waals surface area contributed by atoms with E-state index in [2.05, 4.69) is 33.8 Å². The highest BCUT2D eigenvalue weighted by atomic mass is 16.7. The molecule has 1 saturated carbocycles. The molecule has 0 amide bonds. The Kier molecular flexibility index (Phi) is 6.59. The molecule has 5 nitrogen and oxygen atoms in total. The van der Waals surface area contributed by atoms with Crippen LogP contribution in [0.25, 0.3) is 0 Å². The summed E-state index contributed by atoms with van der Waals surface area (Å²) in [4.78, 5) is 24.1. The summed E-state index contributed by atoms with van der Waals surface area (Å²) in [6.07, 6.45) is 7.26. The zero-order chi connectivity index (χ0) is 21.3. The van der Waals surface area contributed by atoms with Crippen LogP contribution in [0, 0.1) is 22.7 Å². The van der Waals surface area contributed by atoms with Gasteiger partial charge in [-0.15, -0.1) is 0 Å². The van der Waals surface area contributed by atoms with Gasteiger partial charge in [-0.3, -0.25) is 9.59 Å². The Morgan fingerprint density at radius 2 is 1.90 bits per heavy atom. The third kappa shape index (κ3) is 4.18. The van der Waals surface area contributed by atoms with Gasteiger partial charge in [0.1, 0.15) is 12.2 Å². The number of fused-ring (bicyclic) bond motifs is 1. The van der Waals surface area contributed by atoms with Gasteiger partial charge in [0, 0.05) is 18.3 Å². The number of allylic oxidation sites excluding steroid dienone is 1. The molecule has 5 heteroatoms. The number of ether oxygens (including phenoxy) is 3. The van der Waals surface area contributed by atoms with Crippen LogP contribution in [0.1, 0.15) is 79.6 Å². The third-order valence-corrected chi connectivity index (χ3v) is 7.87. The van der Waals surface area contributed by atoms with Gasteiger partial charge >= 0.3 is 5.97 Å². The fourth-order valence-electron chi connectivity index (χ4n) is 5.92. The van der Waals surface area contributed by atoms with E-state index < -0.39 is 11.8 Å². The van der Waals surface area contributed by atoms with Crippen LogP contribution in [0.5, 0.6) is 0 Å². The van der Waals surface area contributed by atoms with Crippen LogP contribution in [0.4, 0.5) is 0 Å². The molecule has 164 valence electrons. The van der Waals surface area contributed by atoms with Crippen LogP contribution in [-0.2, 0) is 23.8 Å². The van der Waals surface area contributed by atoms with Gasteiger partial charge in [0.2, 0.25) is 0 Å². The molecule has 0 aromatic rings. The number of rotatable bonds is 7. The quantitative estimate of drug-likeness (QED) is 0.344. The fraction of sp³-hybridized carbons (Fsp3) is 0.833. The third-order valence-electron chi connectivity index (χ3n) is 7.87. The van der Waals surface area contributed by atoms with E-state index in [9.17, 15) is 9.59 Å². The number of hydrogen-bond donors (Lipinski definition) is 0. The summed E-state index contributed by atoms with van der Waals surface area (Å²) in [5.41, 5.74) is 1.38. The van der Waals surface area contributed by atoms with Gasteiger partial charge in [-0.2, -0.15) is 0 Å². The van der Waals surface area contributed by atoms with Gasteiger partial charge in [-0.1, -0.05) is 39.3 Å². The lowest BCUT2D eigenvalue weighted by atomic mass is 9.67. The maximum atomic E-state index is 12.4. The van der Waals surface area contributed by atoms with Crippen LogP contribution in [0.2, 0.25) is 0 Å². The smallest absolute Gasteiger partial charge is 0.313 e. The molecule has 0 radical (unpaired) electrons. The minimum Gasteiger partial charge on any atom is -0.466 e. The second kappa shape index (κ2) is 8.50. The molecule has 3 rings (SSSR count). The zero-order valence-electron chi connectivity index (χ0n) is 18.8. The first-order valence-electron chi connectivity index (χ1n) is 11.3. The van der Waals surface area contributed by atoms with Crippen molar-refractivity contribution in [2.75, 3.05) is 19.8 Å². The number of carbonyl (C=O) groups excluding carboxylic acids is 2. The Morgan fingerprint density at radius 3 is 2.52 bits per heavy atom. The number of carbonyl (C=O) groups is 2. The van der Waals surface area contributed by atoms with E-state index in [4.69, 9.17) is 14.2 Å². The first-order valence-corrected chi connectivity index (χ1v) is 11.3. The number of Topliss-reactive ketones (excluding diaryl/α,β-unsaturated/α-hetero) is 1. The Hall–Kier alpha value is -1.20. The summed E-state index contributed by atoms with van der Waals surface area (Å²) in [5.74, 6) is 0.118. The maximum Gasteiger partial charge on any atom is 0.313 e. The monoisotopic (exact) mass is 406 g/mol. The lowest BCUT2D eigenvalue weighted by Crippen LogP contribution is -2.47. The molecule has 2 aliphatic carbocycles. The summed E-state index contributed by atoms with van der Waals surface area (Å²) in [7, 11) is 0. The van der Waals surface area contributed by atoms with Gasteiger partial charge in [-0.05, 0) is 49.9 Å². The highest BCUT2D eigenvalue weighted by molar-refractivity contribution is 5.95. The predicted octanol–water partition coefficient (Wildman–Crippen LogP) is 4.83. The molecule has 0 N–H and O–H groups in total. The van der Waals surface area contributed by atoms with Crippen LogP contribution in [0.15, 0.2) is 11.6 Å². The molecule has 2 fully saturated rings. The topological polar surface area (TPSA) is 61.8 Å². The van der Waals surface area contributed by atoms with Crippen molar-refractivity contribution in [3.63, 3.8) is 0 Å². The zero-order valence-corrected chi connectivity index (χ0v) is 18.8. The average Bonchev–Trinajstić information content (AvgIpc) is 3.23. The number of esters is 1. The Morgan fingerprint density at radius 1 is 1.21 bits per heavy atom. The minimum absolute atomic E-state index is 0.0623. The van der Waals surface area contributed by atoms with Crippen LogP contribution in [-0.4, -0.2) is 37.4 Å². The first-order chi connectivity index (χ1) is 13.7. The molecule has 1 saturated heterocycles. The van der Waals surface area contributed by atoms with Gasteiger partial charge in [0.05, 0.1) is 19.8 Å².